The van der Waals surface area contributed by atoms with E-state index in [2.05, 4.69) is 28.6 Å². The Morgan fingerprint density at radius 2 is 2.03 bits per heavy atom. The van der Waals surface area contributed by atoms with Crippen LogP contribution in [0.4, 0.5) is 5.69 Å². The van der Waals surface area contributed by atoms with Gasteiger partial charge in [0.2, 0.25) is 0 Å². The van der Waals surface area contributed by atoms with Gasteiger partial charge in [0, 0.05) is 29.1 Å². The van der Waals surface area contributed by atoms with Gasteiger partial charge < -0.3 is 20.7 Å². The fourth-order valence-electron chi connectivity index (χ4n) is 3.76. The molecule has 0 spiro atoms. The van der Waals surface area contributed by atoms with E-state index in [1.807, 2.05) is 54.8 Å². The second-order valence-electron chi connectivity index (χ2n) is 7.75. The van der Waals surface area contributed by atoms with E-state index in [0.29, 0.717) is 17.2 Å². The molecule has 8 heteroatoms. The van der Waals surface area contributed by atoms with Gasteiger partial charge >= 0.3 is 5.97 Å². The van der Waals surface area contributed by atoms with Crippen LogP contribution >= 0.6 is 24.4 Å². The van der Waals surface area contributed by atoms with Gasteiger partial charge in [-0.1, -0.05) is 36.4 Å². The quantitative estimate of drug-likeness (QED) is 0.313. The van der Waals surface area contributed by atoms with Gasteiger partial charge in [0.15, 0.2) is 0 Å². The van der Waals surface area contributed by atoms with E-state index in [9.17, 15) is 9.59 Å². The molecule has 3 atom stereocenters. The van der Waals surface area contributed by atoms with Crippen LogP contribution in [0.1, 0.15) is 23.2 Å². The number of rotatable bonds is 10. The third-order valence-corrected chi connectivity index (χ3v) is 6.85. The van der Waals surface area contributed by atoms with Crippen molar-refractivity contribution in [3.63, 3.8) is 0 Å². The van der Waals surface area contributed by atoms with E-state index in [0.717, 1.165) is 42.1 Å². The van der Waals surface area contributed by atoms with Crippen LogP contribution < -0.4 is 16.0 Å². The highest BCUT2D eigenvalue weighted by atomic mass is 32.2. The minimum Gasteiger partial charge on any atom is -0.467 e. The van der Waals surface area contributed by atoms with E-state index >= 15 is 0 Å². The van der Waals surface area contributed by atoms with E-state index in [1.54, 1.807) is 11.8 Å². The number of nitrogens with one attached hydrogen (secondary N) is 3. The topological polar surface area (TPSA) is 79.5 Å². The molecule has 3 rings (SSSR count). The summed E-state index contributed by atoms with van der Waals surface area (Å²) in [5, 5.41) is 10.1. The minimum absolute atomic E-state index is 0.277. The van der Waals surface area contributed by atoms with Crippen molar-refractivity contribution < 1.29 is 14.3 Å². The third-order valence-electron chi connectivity index (χ3n) is 5.59. The number of carbonyl (C=O) groups is 2. The SMILES string of the molecule is COC(=O)[C@H](CCSC)NC(=O)c1cc(NC[C@H]2NCC[C@H]2S)ccc1-c1ccccc1. The Balaban J connectivity index is 1.85. The van der Waals surface area contributed by atoms with Crippen LogP contribution in [0, 0.1) is 0 Å². The molecular formula is C24H31N3O3S2. The molecule has 172 valence electrons. The van der Waals surface area contributed by atoms with Gasteiger partial charge in [0.1, 0.15) is 6.04 Å². The van der Waals surface area contributed by atoms with Crippen LogP contribution in [0.15, 0.2) is 48.5 Å². The molecule has 2 aromatic carbocycles. The normalized spacial score (nSPS) is 18.7. The largest absolute Gasteiger partial charge is 0.467 e. The number of thiol groups is 1. The van der Waals surface area contributed by atoms with Crippen molar-refractivity contribution in [3.8, 4) is 11.1 Å². The van der Waals surface area contributed by atoms with Crippen molar-refractivity contribution in [2.45, 2.75) is 30.2 Å². The number of methoxy groups -OCH3 is 1. The lowest BCUT2D eigenvalue weighted by molar-refractivity contribution is -0.142. The van der Waals surface area contributed by atoms with Crippen LogP contribution in [-0.2, 0) is 9.53 Å². The maximum atomic E-state index is 13.3. The molecule has 1 fully saturated rings. The summed E-state index contributed by atoms with van der Waals surface area (Å²) in [5.74, 6) is 0.0112. The molecule has 0 aromatic heterocycles. The Labute approximate surface area is 199 Å². The van der Waals surface area contributed by atoms with Gasteiger partial charge in [-0.2, -0.15) is 24.4 Å². The van der Waals surface area contributed by atoms with Crippen LogP contribution in [-0.4, -0.2) is 61.4 Å². The summed E-state index contributed by atoms with van der Waals surface area (Å²) in [6.07, 6.45) is 3.52. The smallest absolute Gasteiger partial charge is 0.328 e. The standard InChI is InChI=1S/C24H31N3O3S2/c1-30-24(29)20(11-13-32-2)27-23(28)19-14-17(26-15-21-22(31)10-12-25-21)8-9-18(19)16-6-4-3-5-7-16/h3-9,14,20-22,25-26,31H,10-13,15H2,1-2H3,(H,27,28)/t20-,21+,22+/m0/s1. The lowest BCUT2D eigenvalue weighted by Crippen LogP contribution is -2.42. The molecule has 1 heterocycles. The Kier molecular flexibility index (Phi) is 9.32. The van der Waals surface area contributed by atoms with Gasteiger partial charge in [-0.05, 0) is 54.7 Å². The van der Waals surface area contributed by atoms with Crippen LogP contribution in [0.3, 0.4) is 0 Å². The molecule has 1 saturated heterocycles. The number of ether oxygens (including phenoxy) is 1. The van der Waals surface area contributed by atoms with Crippen molar-refractivity contribution in [2.75, 3.05) is 37.5 Å². The molecule has 3 N–H and O–H groups in total. The number of carbonyl (C=O) groups excluding carboxylic acids is 2. The van der Waals surface area contributed by atoms with E-state index < -0.39 is 12.0 Å². The summed E-state index contributed by atoms with van der Waals surface area (Å²) in [6.45, 7) is 1.69. The van der Waals surface area contributed by atoms with E-state index in [4.69, 9.17) is 4.74 Å². The zero-order valence-electron chi connectivity index (χ0n) is 18.5. The summed E-state index contributed by atoms with van der Waals surface area (Å²) in [4.78, 5) is 25.5. The first-order valence-corrected chi connectivity index (χ1v) is 12.7. The molecule has 6 nitrogen and oxygen atoms in total. The monoisotopic (exact) mass is 473 g/mol. The maximum Gasteiger partial charge on any atom is 0.328 e. The van der Waals surface area contributed by atoms with Gasteiger partial charge in [0.05, 0.1) is 7.11 Å². The van der Waals surface area contributed by atoms with Gasteiger partial charge in [0.25, 0.3) is 5.91 Å². The molecule has 1 aliphatic rings. The summed E-state index contributed by atoms with van der Waals surface area (Å²) >= 11 is 6.25. The summed E-state index contributed by atoms with van der Waals surface area (Å²) in [6, 6.07) is 15.1. The number of amides is 1. The molecule has 0 aliphatic carbocycles. The lowest BCUT2D eigenvalue weighted by atomic mass is 9.98. The van der Waals surface area contributed by atoms with Crippen LogP contribution in [0.5, 0.6) is 0 Å². The number of benzene rings is 2. The highest BCUT2D eigenvalue weighted by Gasteiger charge is 2.25. The molecular weight excluding hydrogens is 442 g/mol. The number of anilines is 1. The predicted octanol–water partition coefficient (Wildman–Crippen LogP) is 3.45. The van der Waals surface area contributed by atoms with Crippen LogP contribution in [0.2, 0.25) is 0 Å². The Morgan fingerprint density at radius 3 is 2.69 bits per heavy atom. The molecule has 0 bridgehead atoms. The van der Waals surface area contributed by atoms with E-state index in [-0.39, 0.29) is 11.9 Å². The first-order valence-electron chi connectivity index (χ1n) is 10.8. The number of esters is 1. The van der Waals surface area contributed by atoms with Crippen molar-refractivity contribution in [1.82, 2.24) is 10.6 Å². The third kappa shape index (κ3) is 6.43. The molecule has 0 saturated carbocycles. The summed E-state index contributed by atoms with van der Waals surface area (Å²) < 4.78 is 4.90. The van der Waals surface area contributed by atoms with Crippen LogP contribution in [0.25, 0.3) is 11.1 Å². The predicted molar refractivity (Wildman–Crippen MR) is 136 cm³/mol. The molecule has 0 radical (unpaired) electrons. The van der Waals surface area contributed by atoms with E-state index in [1.165, 1.54) is 7.11 Å². The van der Waals surface area contributed by atoms with Gasteiger partial charge in [-0.15, -0.1) is 0 Å². The first kappa shape index (κ1) is 24.5. The fraction of sp³-hybridized carbons (Fsp3) is 0.417. The van der Waals surface area contributed by atoms with Crippen molar-refractivity contribution in [1.29, 1.82) is 0 Å². The number of hydrogen-bond acceptors (Lipinski definition) is 7. The molecule has 1 aliphatic heterocycles. The Morgan fingerprint density at radius 1 is 1.25 bits per heavy atom. The zero-order valence-corrected chi connectivity index (χ0v) is 20.2. The minimum atomic E-state index is -0.687. The van der Waals surface area contributed by atoms with Crippen molar-refractivity contribution in [3.05, 3.63) is 54.1 Å². The van der Waals surface area contributed by atoms with Gasteiger partial charge in [-0.3, -0.25) is 4.79 Å². The summed E-state index contributed by atoms with van der Waals surface area (Å²) in [5.41, 5.74) is 3.12. The average molecular weight is 474 g/mol. The van der Waals surface area contributed by atoms with Crippen molar-refractivity contribution >= 4 is 42.0 Å². The second kappa shape index (κ2) is 12.2. The molecule has 2 aromatic rings. The van der Waals surface area contributed by atoms with Gasteiger partial charge in [-0.25, -0.2) is 4.79 Å². The highest BCUT2D eigenvalue weighted by Crippen LogP contribution is 2.27. The number of thioether (sulfide) groups is 1. The second-order valence-corrected chi connectivity index (χ2v) is 9.40. The maximum absolute atomic E-state index is 13.3. The first-order chi connectivity index (χ1) is 15.5. The molecule has 1 amide bonds. The Hall–Kier alpha value is -2.16. The lowest BCUT2D eigenvalue weighted by Gasteiger charge is -2.20. The van der Waals surface area contributed by atoms with Crippen molar-refractivity contribution in [2.24, 2.45) is 0 Å². The fourth-order valence-corrected chi connectivity index (χ4v) is 4.58. The Bertz CT molecular complexity index is 911. The average Bonchev–Trinajstić information content (AvgIpc) is 3.24. The molecule has 0 unspecified atom stereocenters. The highest BCUT2D eigenvalue weighted by molar-refractivity contribution is 7.98. The zero-order chi connectivity index (χ0) is 22.9. The summed E-state index contributed by atoms with van der Waals surface area (Å²) in [7, 11) is 1.34. The number of hydrogen-bond donors (Lipinski definition) is 4. The molecule has 32 heavy (non-hydrogen) atoms.